The summed E-state index contributed by atoms with van der Waals surface area (Å²) in [6.07, 6.45) is 1.88. The lowest BCUT2D eigenvalue weighted by Crippen LogP contribution is -2.13. The Morgan fingerprint density at radius 2 is 1.95 bits per heavy atom. The second kappa shape index (κ2) is 5.93. The molecule has 1 unspecified atom stereocenters. The molecule has 3 rings (SSSR count). The van der Waals surface area contributed by atoms with E-state index in [1.54, 1.807) is 0 Å². The Morgan fingerprint density at radius 1 is 1.23 bits per heavy atom. The SMILES string of the molecule is Cc1ccc(C(C[N+](=O)[O-])c2c[nH]c3ccc(Br)cc23)cc1. The van der Waals surface area contributed by atoms with E-state index in [1.807, 2.05) is 55.6 Å². The lowest BCUT2D eigenvalue weighted by atomic mass is 9.90. The van der Waals surface area contributed by atoms with Crippen LogP contribution in [0.5, 0.6) is 0 Å². The fourth-order valence-corrected chi connectivity index (χ4v) is 3.09. The number of nitrogens with zero attached hydrogens (tertiary/aromatic N) is 1. The molecule has 2 aromatic carbocycles. The summed E-state index contributed by atoms with van der Waals surface area (Å²) in [7, 11) is 0. The van der Waals surface area contributed by atoms with Crippen LogP contribution in [0, 0.1) is 17.0 Å². The van der Waals surface area contributed by atoms with Crippen LogP contribution in [-0.4, -0.2) is 16.5 Å². The van der Waals surface area contributed by atoms with E-state index in [4.69, 9.17) is 0 Å². The maximum atomic E-state index is 11.1. The maximum Gasteiger partial charge on any atom is 0.214 e. The first-order valence-corrected chi connectivity index (χ1v) is 7.79. The van der Waals surface area contributed by atoms with Gasteiger partial charge >= 0.3 is 0 Å². The van der Waals surface area contributed by atoms with Gasteiger partial charge in [-0.05, 0) is 36.2 Å². The Balaban J connectivity index is 2.13. The molecule has 0 bridgehead atoms. The van der Waals surface area contributed by atoms with Gasteiger partial charge in [-0.15, -0.1) is 0 Å². The molecule has 1 atom stereocenters. The summed E-state index contributed by atoms with van der Waals surface area (Å²) in [6.45, 7) is 1.89. The average molecular weight is 359 g/mol. The molecule has 4 nitrogen and oxygen atoms in total. The van der Waals surface area contributed by atoms with Crippen LogP contribution in [-0.2, 0) is 0 Å². The van der Waals surface area contributed by atoms with Crippen molar-refractivity contribution >= 4 is 26.8 Å². The fraction of sp³-hybridized carbons (Fsp3) is 0.176. The monoisotopic (exact) mass is 358 g/mol. The number of H-pyrrole nitrogens is 1. The van der Waals surface area contributed by atoms with Gasteiger partial charge in [0.05, 0.1) is 5.92 Å². The minimum Gasteiger partial charge on any atom is -0.361 e. The number of rotatable bonds is 4. The van der Waals surface area contributed by atoms with Crippen molar-refractivity contribution in [3.8, 4) is 0 Å². The summed E-state index contributed by atoms with van der Waals surface area (Å²) in [6, 6.07) is 13.9. The summed E-state index contributed by atoms with van der Waals surface area (Å²) in [5.41, 5.74) is 4.05. The van der Waals surface area contributed by atoms with Gasteiger partial charge in [0, 0.05) is 26.5 Å². The van der Waals surface area contributed by atoms with Gasteiger partial charge in [0.2, 0.25) is 6.54 Å². The zero-order chi connectivity index (χ0) is 15.7. The Morgan fingerprint density at radius 3 is 2.64 bits per heavy atom. The number of hydrogen-bond donors (Lipinski definition) is 1. The van der Waals surface area contributed by atoms with E-state index in [1.165, 1.54) is 0 Å². The number of nitro groups is 1. The van der Waals surface area contributed by atoms with Crippen LogP contribution in [0.15, 0.2) is 53.1 Å². The summed E-state index contributed by atoms with van der Waals surface area (Å²) in [5.74, 6) is -0.265. The molecular weight excluding hydrogens is 344 g/mol. The van der Waals surface area contributed by atoms with E-state index in [2.05, 4.69) is 20.9 Å². The Labute approximate surface area is 136 Å². The van der Waals surface area contributed by atoms with Gasteiger partial charge in [-0.25, -0.2) is 0 Å². The molecule has 3 aromatic rings. The number of aromatic amines is 1. The number of fused-ring (bicyclic) bond motifs is 1. The van der Waals surface area contributed by atoms with Crippen LogP contribution in [0.2, 0.25) is 0 Å². The highest BCUT2D eigenvalue weighted by atomic mass is 79.9. The molecule has 0 saturated heterocycles. The number of aryl methyl sites for hydroxylation is 1. The maximum absolute atomic E-state index is 11.1. The zero-order valence-electron chi connectivity index (χ0n) is 12.0. The average Bonchev–Trinajstić information content (AvgIpc) is 2.88. The Hall–Kier alpha value is -2.14. The molecule has 112 valence electrons. The highest BCUT2D eigenvalue weighted by molar-refractivity contribution is 9.10. The number of nitrogens with one attached hydrogen (secondary N) is 1. The molecule has 0 radical (unpaired) electrons. The van der Waals surface area contributed by atoms with Gasteiger partial charge in [-0.1, -0.05) is 45.8 Å². The van der Waals surface area contributed by atoms with Gasteiger partial charge < -0.3 is 4.98 Å². The molecule has 0 spiro atoms. The lowest BCUT2D eigenvalue weighted by molar-refractivity contribution is -0.481. The second-order valence-corrected chi connectivity index (χ2v) is 6.33. The van der Waals surface area contributed by atoms with Crippen molar-refractivity contribution in [2.75, 3.05) is 6.54 Å². The molecule has 0 fully saturated rings. The van der Waals surface area contributed by atoms with Crippen molar-refractivity contribution in [3.05, 3.63) is 79.9 Å². The predicted molar refractivity (Wildman–Crippen MR) is 90.9 cm³/mol. The summed E-state index contributed by atoms with van der Waals surface area (Å²) in [4.78, 5) is 14.1. The zero-order valence-corrected chi connectivity index (χ0v) is 13.6. The quantitative estimate of drug-likeness (QED) is 0.545. The molecule has 0 aliphatic heterocycles. The highest BCUT2D eigenvalue weighted by Crippen LogP contribution is 2.32. The number of halogens is 1. The number of hydrogen-bond acceptors (Lipinski definition) is 2. The standard InChI is InChI=1S/C17H15BrN2O2/c1-11-2-4-12(5-3-11)16(10-20(21)22)15-9-19-17-7-6-13(18)8-14(15)17/h2-9,16,19H,10H2,1H3. The van der Waals surface area contributed by atoms with Crippen LogP contribution in [0.4, 0.5) is 0 Å². The van der Waals surface area contributed by atoms with Crippen molar-refractivity contribution in [2.45, 2.75) is 12.8 Å². The molecule has 1 aromatic heterocycles. The molecule has 1 N–H and O–H groups in total. The molecule has 22 heavy (non-hydrogen) atoms. The first kappa shape index (κ1) is 14.8. The van der Waals surface area contributed by atoms with Gasteiger partial charge in [-0.2, -0.15) is 0 Å². The van der Waals surface area contributed by atoms with E-state index >= 15 is 0 Å². The lowest BCUT2D eigenvalue weighted by Gasteiger charge is -2.13. The van der Waals surface area contributed by atoms with Crippen molar-refractivity contribution in [3.63, 3.8) is 0 Å². The minimum absolute atomic E-state index is 0.122. The molecule has 1 heterocycles. The van der Waals surface area contributed by atoms with Crippen LogP contribution >= 0.6 is 15.9 Å². The van der Waals surface area contributed by atoms with Crippen LogP contribution in [0.3, 0.4) is 0 Å². The minimum atomic E-state index is -0.265. The highest BCUT2D eigenvalue weighted by Gasteiger charge is 2.23. The van der Waals surface area contributed by atoms with Gasteiger partial charge in [0.25, 0.3) is 0 Å². The predicted octanol–water partition coefficient (Wildman–Crippen LogP) is 4.65. The Kier molecular flexibility index (Phi) is 3.98. The molecule has 0 aliphatic rings. The first-order chi connectivity index (χ1) is 10.5. The smallest absolute Gasteiger partial charge is 0.214 e. The third-order valence-electron chi connectivity index (χ3n) is 3.86. The van der Waals surface area contributed by atoms with Crippen molar-refractivity contribution in [1.29, 1.82) is 0 Å². The van der Waals surface area contributed by atoms with Crippen LogP contribution < -0.4 is 0 Å². The van der Waals surface area contributed by atoms with Crippen LogP contribution in [0.25, 0.3) is 10.9 Å². The van der Waals surface area contributed by atoms with Crippen molar-refractivity contribution in [2.24, 2.45) is 0 Å². The van der Waals surface area contributed by atoms with Gasteiger partial charge in [0.15, 0.2) is 0 Å². The molecule has 0 amide bonds. The molecule has 5 heteroatoms. The second-order valence-electron chi connectivity index (χ2n) is 5.41. The molecule has 0 aliphatic carbocycles. The fourth-order valence-electron chi connectivity index (χ4n) is 2.73. The third-order valence-corrected chi connectivity index (χ3v) is 4.36. The largest absolute Gasteiger partial charge is 0.361 e. The van der Waals surface area contributed by atoms with E-state index < -0.39 is 0 Å². The Bertz CT molecular complexity index is 824. The van der Waals surface area contributed by atoms with Gasteiger partial charge in [-0.3, -0.25) is 10.1 Å². The van der Waals surface area contributed by atoms with E-state index in [0.717, 1.165) is 32.1 Å². The first-order valence-electron chi connectivity index (χ1n) is 6.99. The summed E-state index contributed by atoms with van der Waals surface area (Å²) in [5, 5.41) is 12.1. The normalized spacial score (nSPS) is 12.5. The van der Waals surface area contributed by atoms with Crippen LogP contribution in [0.1, 0.15) is 22.6 Å². The topological polar surface area (TPSA) is 58.9 Å². The number of aromatic nitrogens is 1. The van der Waals surface area contributed by atoms with E-state index in [0.29, 0.717) is 0 Å². The van der Waals surface area contributed by atoms with Crippen molar-refractivity contribution in [1.82, 2.24) is 4.98 Å². The molecule has 0 saturated carbocycles. The van der Waals surface area contributed by atoms with E-state index in [9.17, 15) is 10.1 Å². The van der Waals surface area contributed by atoms with Gasteiger partial charge in [0.1, 0.15) is 0 Å². The van der Waals surface area contributed by atoms with E-state index in [-0.39, 0.29) is 17.4 Å². The number of benzene rings is 2. The summed E-state index contributed by atoms with van der Waals surface area (Å²) >= 11 is 3.47. The molecular formula is C17H15BrN2O2. The summed E-state index contributed by atoms with van der Waals surface area (Å²) < 4.78 is 0.963. The third kappa shape index (κ3) is 2.90. The van der Waals surface area contributed by atoms with Crippen molar-refractivity contribution < 1.29 is 4.92 Å².